The fourth-order valence-corrected chi connectivity index (χ4v) is 2.58. The number of hydrogen-bond acceptors (Lipinski definition) is 6. The summed E-state index contributed by atoms with van der Waals surface area (Å²) in [5.41, 5.74) is 0.747. The van der Waals surface area contributed by atoms with E-state index >= 15 is 0 Å². The molecule has 3 rings (SSSR count). The molecular formula is C19H14N4O6. The van der Waals surface area contributed by atoms with Gasteiger partial charge in [-0.15, -0.1) is 0 Å². The second kappa shape index (κ2) is 8.13. The van der Waals surface area contributed by atoms with Crippen LogP contribution in [-0.4, -0.2) is 20.3 Å². The molecule has 0 radical (unpaired) electrons. The van der Waals surface area contributed by atoms with Gasteiger partial charge in [0, 0.05) is 42.2 Å². The molecule has 0 saturated carbocycles. The van der Waals surface area contributed by atoms with Crippen LogP contribution in [0.25, 0.3) is 0 Å². The number of hydrogen-bond donors (Lipinski definition) is 1. The summed E-state index contributed by atoms with van der Waals surface area (Å²) in [6.45, 7) is 0.134. The Morgan fingerprint density at radius 1 is 0.862 bits per heavy atom. The molecule has 10 nitrogen and oxygen atoms in total. The molecule has 0 fully saturated rings. The van der Waals surface area contributed by atoms with Gasteiger partial charge in [0.05, 0.1) is 22.0 Å². The van der Waals surface area contributed by atoms with Crippen molar-refractivity contribution in [2.75, 3.05) is 5.32 Å². The van der Waals surface area contributed by atoms with Crippen LogP contribution in [-0.2, 0) is 6.54 Å². The van der Waals surface area contributed by atoms with Crippen molar-refractivity contribution in [1.29, 1.82) is 0 Å². The van der Waals surface area contributed by atoms with Gasteiger partial charge in [-0.05, 0) is 23.8 Å². The number of nitrogens with one attached hydrogen (secondary N) is 1. The molecule has 0 atom stereocenters. The Balaban J connectivity index is 1.77. The summed E-state index contributed by atoms with van der Waals surface area (Å²) in [5, 5.41) is 24.0. The van der Waals surface area contributed by atoms with Crippen molar-refractivity contribution in [3.63, 3.8) is 0 Å². The summed E-state index contributed by atoms with van der Waals surface area (Å²) in [7, 11) is 0. The Kier molecular flexibility index (Phi) is 5.44. The van der Waals surface area contributed by atoms with E-state index in [0.29, 0.717) is 11.3 Å². The topological polar surface area (TPSA) is 137 Å². The number of nitro groups is 2. The predicted molar refractivity (Wildman–Crippen MR) is 104 cm³/mol. The SMILES string of the molecule is O=C(Nc1ccc([N+](=O)[O-])cc1)c1ccc(=O)n(Cc2ccc([N+](=O)[O-])cc2)c1. The first-order valence-corrected chi connectivity index (χ1v) is 8.33. The Labute approximate surface area is 163 Å². The third kappa shape index (κ3) is 4.69. The van der Waals surface area contributed by atoms with Gasteiger partial charge in [-0.25, -0.2) is 0 Å². The second-order valence-corrected chi connectivity index (χ2v) is 6.07. The molecule has 10 heteroatoms. The van der Waals surface area contributed by atoms with Gasteiger partial charge in [-0.3, -0.25) is 29.8 Å². The van der Waals surface area contributed by atoms with E-state index < -0.39 is 15.8 Å². The number of carbonyl (C=O) groups excluding carboxylic acids is 1. The molecule has 0 aliphatic carbocycles. The lowest BCUT2D eigenvalue weighted by Crippen LogP contribution is -2.22. The van der Waals surface area contributed by atoms with Crippen molar-refractivity contribution >= 4 is 23.0 Å². The number of rotatable bonds is 6. The average Bonchev–Trinajstić information content (AvgIpc) is 2.70. The van der Waals surface area contributed by atoms with E-state index in [0.717, 1.165) is 0 Å². The molecule has 1 N–H and O–H groups in total. The number of anilines is 1. The summed E-state index contributed by atoms with van der Waals surface area (Å²) < 4.78 is 1.31. The fourth-order valence-electron chi connectivity index (χ4n) is 2.58. The number of non-ortho nitro benzene ring substituents is 2. The van der Waals surface area contributed by atoms with Crippen LogP contribution in [0.5, 0.6) is 0 Å². The molecule has 0 spiro atoms. The zero-order chi connectivity index (χ0) is 21.0. The molecule has 0 saturated heterocycles. The van der Waals surface area contributed by atoms with Crippen molar-refractivity contribution in [2.45, 2.75) is 6.54 Å². The van der Waals surface area contributed by atoms with Crippen molar-refractivity contribution < 1.29 is 14.6 Å². The molecular weight excluding hydrogens is 380 g/mol. The van der Waals surface area contributed by atoms with Crippen LogP contribution < -0.4 is 10.9 Å². The van der Waals surface area contributed by atoms with Gasteiger partial charge in [0.15, 0.2) is 0 Å². The Hall–Kier alpha value is -4.34. The van der Waals surface area contributed by atoms with Crippen LogP contribution in [0.4, 0.5) is 17.1 Å². The minimum Gasteiger partial charge on any atom is -0.322 e. The van der Waals surface area contributed by atoms with Crippen LogP contribution >= 0.6 is 0 Å². The van der Waals surface area contributed by atoms with Crippen LogP contribution in [0.2, 0.25) is 0 Å². The molecule has 0 aliphatic rings. The Morgan fingerprint density at radius 3 is 1.97 bits per heavy atom. The highest BCUT2D eigenvalue weighted by Gasteiger charge is 2.11. The minimum atomic E-state index is -0.542. The summed E-state index contributed by atoms with van der Waals surface area (Å²) in [6.07, 6.45) is 1.38. The number of nitro benzene ring substituents is 2. The number of nitrogens with zero attached hydrogens (tertiary/aromatic N) is 3. The van der Waals surface area contributed by atoms with Gasteiger partial charge < -0.3 is 9.88 Å². The maximum absolute atomic E-state index is 12.4. The van der Waals surface area contributed by atoms with Crippen molar-refractivity contribution in [2.24, 2.45) is 0 Å². The molecule has 3 aromatic rings. The van der Waals surface area contributed by atoms with E-state index in [2.05, 4.69) is 5.32 Å². The third-order valence-electron chi connectivity index (χ3n) is 4.08. The maximum Gasteiger partial charge on any atom is 0.269 e. The lowest BCUT2D eigenvalue weighted by Gasteiger charge is -2.09. The van der Waals surface area contributed by atoms with Gasteiger partial charge in [0.25, 0.3) is 22.8 Å². The molecule has 0 bridgehead atoms. The first kappa shape index (κ1) is 19.4. The summed E-state index contributed by atoms with van der Waals surface area (Å²) in [4.78, 5) is 44.9. The van der Waals surface area contributed by atoms with Gasteiger partial charge in [-0.1, -0.05) is 12.1 Å². The number of pyridine rings is 1. The van der Waals surface area contributed by atoms with Crippen molar-refractivity contribution in [3.8, 4) is 0 Å². The smallest absolute Gasteiger partial charge is 0.269 e. The summed E-state index contributed by atoms with van der Waals surface area (Å²) in [6, 6.07) is 13.7. The zero-order valence-corrected chi connectivity index (χ0v) is 14.8. The Bertz CT molecular complexity index is 1140. The molecule has 1 amide bonds. The van der Waals surface area contributed by atoms with E-state index in [9.17, 15) is 29.8 Å². The van der Waals surface area contributed by atoms with Crippen LogP contribution in [0.15, 0.2) is 71.7 Å². The lowest BCUT2D eigenvalue weighted by molar-refractivity contribution is -0.385. The standard InChI is InChI=1S/C19H14N4O6/c24-18-10-3-14(19(25)20-15-4-8-17(9-5-15)23(28)29)12-21(18)11-13-1-6-16(7-2-13)22(26)27/h1-10,12H,11H2,(H,20,25). The summed E-state index contributed by atoms with van der Waals surface area (Å²) >= 11 is 0. The molecule has 29 heavy (non-hydrogen) atoms. The monoisotopic (exact) mass is 394 g/mol. The van der Waals surface area contributed by atoms with E-state index in [1.54, 1.807) is 0 Å². The normalized spacial score (nSPS) is 10.3. The number of carbonyl (C=O) groups is 1. The van der Waals surface area contributed by atoms with Crippen LogP contribution in [0.3, 0.4) is 0 Å². The minimum absolute atomic E-state index is 0.0580. The lowest BCUT2D eigenvalue weighted by atomic mass is 10.2. The molecule has 146 valence electrons. The number of benzene rings is 2. The number of amides is 1. The van der Waals surface area contributed by atoms with Crippen molar-refractivity contribution in [3.05, 3.63) is 109 Å². The fraction of sp³-hybridized carbons (Fsp3) is 0.0526. The average molecular weight is 394 g/mol. The second-order valence-electron chi connectivity index (χ2n) is 6.07. The van der Waals surface area contributed by atoms with Crippen LogP contribution in [0.1, 0.15) is 15.9 Å². The van der Waals surface area contributed by atoms with Crippen molar-refractivity contribution in [1.82, 2.24) is 4.57 Å². The zero-order valence-electron chi connectivity index (χ0n) is 14.8. The quantitative estimate of drug-likeness (QED) is 0.504. The Morgan fingerprint density at radius 2 is 1.41 bits per heavy atom. The predicted octanol–water partition coefficient (Wildman–Crippen LogP) is 2.97. The van der Waals surface area contributed by atoms with Crippen LogP contribution in [0, 0.1) is 20.2 Å². The van der Waals surface area contributed by atoms with Gasteiger partial charge in [0.1, 0.15) is 0 Å². The van der Waals surface area contributed by atoms with Gasteiger partial charge in [-0.2, -0.15) is 0 Å². The molecule has 2 aromatic carbocycles. The highest BCUT2D eigenvalue weighted by molar-refractivity contribution is 6.04. The third-order valence-corrected chi connectivity index (χ3v) is 4.08. The molecule has 1 aromatic heterocycles. The molecule has 0 aliphatic heterocycles. The van der Waals surface area contributed by atoms with Gasteiger partial charge in [0.2, 0.25) is 0 Å². The maximum atomic E-state index is 12.4. The van der Waals surface area contributed by atoms with E-state index in [1.165, 1.54) is 71.4 Å². The number of aromatic nitrogens is 1. The molecule has 0 unspecified atom stereocenters. The largest absolute Gasteiger partial charge is 0.322 e. The van der Waals surface area contributed by atoms with E-state index in [4.69, 9.17) is 0 Å². The van der Waals surface area contributed by atoms with E-state index in [1.807, 2.05) is 0 Å². The summed E-state index contributed by atoms with van der Waals surface area (Å²) in [5.74, 6) is -0.490. The highest BCUT2D eigenvalue weighted by atomic mass is 16.6. The van der Waals surface area contributed by atoms with Gasteiger partial charge >= 0.3 is 0 Å². The highest BCUT2D eigenvalue weighted by Crippen LogP contribution is 2.16. The first-order chi connectivity index (χ1) is 13.8. The molecule has 1 heterocycles. The first-order valence-electron chi connectivity index (χ1n) is 8.33. The van der Waals surface area contributed by atoms with E-state index in [-0.39, 0.29) is 29.0 Å².